The normalized spacial score (nSPS) is 25.8. The van der Waals surface area contributed by atoms with Gasteiger partial charge in [-0.2, -0.15) is 5.26 Å². The van der Waals surface area contributed by atoms with Crippen LogP contribution in [0.5, 0.6) is 0 Å². The highest BCUT2D eigenvalue weighted by Crippen LogP contribution is 2.17. The molecule has 0 aromatic rings. The fourth-order valence-corrected chi connectivity index (χ4v) is 4.02. The van der Waals surface area contributed by atoms with Crippen LogP contribution < -0.4 is 5.73 Å². The highest BCUT2D eigenvalue weighted by molar-refractivity contribution is 7.91. The maximum atomic E-state index is 11.4. The van der Waals surface area contributed by atoms with Crippen LogP contribution in [0.25, 0.3) is 0 Å². The molecule has 0 bridgehead atoms. The van der Waals surface area contributed by atoms with Crippen molar-refractivity contribution in [3.63, 3.8) is 0 Å². The van der Waals surface area contributed by atoms with Crippen molar-refractivity contribution >= 4 is 9.84 Å². The molecule has 2 N–H and O–H groups in total. The van der Waals surface area contributed by atoms with Crippen molar-refractivity contribution in [3.8, 4) is 6.07 Å². The zero-order valence-electron chi connectivity index (χ0n) is 11.2. The van der Waals surface area contributed by atoms with Crippen LogP contribution in [0.4, 0.5) is 0 Å². The van der Waals surface area contributed by atoms with E-state index in [9.17, 15) is 8.42 Å². The molecule has 1 saturated heterocycles. The molecule has 0 aromatic heterocycles. The summed E-state index contributed by atoms with van der Waals surface area (Å²) in [5, 5.41) is 8.78. The summed E-state index contributed by atoms with van der Waals surface area (Å²) in [6.07, 6.45) is 3.26. The quantitative estimate of drug-likeness (QED) is 0.713. The molecule has 0 radical (unpaired) electrons. The summed E-state index contributed by atoms with van der Waals surface area (Å²) in [4.78, 5) is 2.12. The predicted molar refractivity (Wildman–Crippen MR) is 71.7 cm³/mol. The van der Waals surface area contributed by atoms with E-state index in [0.717, 1.165) is 25.8 Å². The van der Waals surface area contributed by atoms with Crippen molar-refractivity contribution in [2.45, 2.75) is 44.2 Å². The minimum atomic E-state index is -2.80. The van der Waals surface area contributed by atoms with E-state index in [1.165, 1.54) is 0 Å². The molecule has 104 valence electrons. The van der Waals surface area contributed by atoms with Gasteiger partial charge in [0.05, 0.1) is 17.6 Å². The smallest absolute Gasteiger partial charge is 0.151 e. The molecule has 6 heteroatoms. The summed E-state index contributed by atoms with van der Waals surface area (Å²) in [6.45, 7) is 2.60. The Balaban J connectivity index is 2.23. The van der Waals surface area contributed by atoms with Crippen molar-refractivity contribution < 1.29 is 8.42 Å². The van der Waals surface area contributed by atoms with E-state index < -0.39 is 15.4 Å². The van der Waals surface area contributed by atoms with Crippen LogP contribution in [0.2, 0.25) is 0 Å². The molecule has 1 rings (SSSR count). The first-order valence-corrected chi connectivity index (χ1v) is 8.19. The van der Waals surface area contributed by atoms with Crippen LogP contribution in [-0.4, -0.2) is 50.0 Å². The molecule has 2 atom stereocenters. The number of hydrogen-bond donors (Lipinski definition) is 1. The third-order valence-electron chi connectivity index (χ3n) is 3.54. The van der Waals surface area contributed by atoms with Gasteiger partial charge in [-0.3, -0.25) is 0 Å². The highest BCUT2D eigenvalue weighted by atomic mass is 32.2. The van der Waals surface area contributed by atoms with Crippen molar-refractivity contribution in [2.75, 3.05) is 25.1 Å². The Morgan fingerprint density at radius 1 is 1.50 bits per heavy atom. The molecule has 2 unspecified atom stereocenters. The predicted octanol–water partition coefficient (Wildman–Crippen LogP) is 0.517. The van der Waals surface area contributed by atoms with Crippen LogP contribution in [0.15, 0.2) is 0 Å². The van der Waals surface area contributed by atoms with Gasteiger partial charge in [0.1, 0.15) is 5.54 Å². The molecule has 0 spiro atoms. The molecular weight excluding hydrogens is 250 g/mol. The van der Waals surface area contributed by atoms with Crippen LogP contribution in [-0.2, 0) is 9.84 Å². The first-order chi connectivity index (χ1) is 8.26. The van der Waals surface area contributed by atoms with Gasteiger partial charge in [0.25, 0.3) is 0 Å². The molecular formula is C12H23N3O2S. The van der Waals surface area contributed by atoms with E-state index in [1.807, 2.05) is 7.05 Å². The van der Waals surface area contributed by atoms with Gasteiger partial charge in [0.2, 0.25) is 0 Å². The first kappa shape index (κ1) is 15.4. The number of nitriles is 1. The number of hydrogen-bond acceptors (Lipinski definition) is 5. The Bertz CT molecular complexity index is 412. The van der Waals surface area contributed by atoms with Crippen LogP contribution >= 0.6 is 0 Å². The second-order valence-corrected chi connectivity index (χ2v) is 7.75. The van der Waals surface area contributed by atoms with Gasteiger partial charge in [0, 0.05) is 6.04 Å². The lowest BCUT2D eigenvalue weighted by Crippen LogP contribution is -2.35. The van der Waals surface area contributed by atoms with Gasteiger partial charge < -0.3 is 10.6 Å². The maximum Gasteiger partial charge on any atom is 0.151 e. The Morgan fingerprint density at radius 3 is 2.67 bits per heavy atom. The van der Waals surface area contributed by atoms with Crippen molar-refractivity contribution in [3.05, 3.63) is 0 Å². The molecule has 0 saturated carbocycles. The summed E-state index contributed by atoms with van der Waals surface area (Å²) in [7, 11) is -0.833. The Hall–Kier alpha value is -0.640. The number of nitrogens with zero attached hydrogens (tertiary/aromatic N) is 2. The SMILES string of the molecule is CN(CCCCC(C)(N)C#N)C1CCS(=O)(=O)C1. The second kappa shape index (κ2) is 6.00. The van der Waals surface area contributed by atoms with Gasteiger partial charge in [-0.05, 0) is 46.2 Å². The summed E-state index contributed by atoms with van der Waals surface area (Å²) < 4.78 is 22.7. The third-order valence-corrected chi connectivity index (χ3v) is 5.29. The summed E-state index contributed by atoms with van der Waals surface area (Å²) >= 11 is 0. The fraction of sp³-hybridized carbons (Fsp3) is 0.917. The molecule has 1 aliphatic rings. The van der Waals surface area contributed by atoms with E-state index in [-0.39, 0.29) is 11.8 Å². The topological polar surface area (TPSA) is 87.2 Å². The van der Waals surface area contributed by atoms with E-state index >= 15 is 0 Å². The van der Waals surface area contributed by atoms with Gasteiger partial charge in [-0.1, -0.05) is 0 Å². The van der Waals surface area contributed by atoms with Gasteiger partial charge >= 0.3 is 0 Å². The number of rotatable bonds is 6. The highest BCUT2D eigenvalue weighted by Gasteiger charge is 2.30. The van der Waals surface area contributed by atoms with Gasteiger partial charge in [-0.25, -0.2) is 8.42 Å². The van der Waals surface area contributed by atoms with Crippen LogP contribution in [0.3, 0.4) is 0 Å². The van der Waals surface area contributed by atoms with Crippen LogP contribution in [0.1, 0.15) is 32.6 Å². The lowest BCUT2D eigenvalue weighted by Gasteiger charge is -2.23. The average Bonchev–Trinajstić information content (AvgIpc) is 2.65. The molecule has 1 aliphatic heterocycles. The van der Waals surface area contributed by atoms with Crippen LogP contribution in [0, 0.1) is 11.3 Å². The zero-order chi connectivity index (χ0) is 13.8. The Labute approximate surface area is 110 Å². The molecule has 5 nitrogen and oxygen atoms in total. The minimum Gasteiger partial charge on any atom is -0.314 e. The fourth-order valence-electron chi connectivity index (χ4n) is 2.21. The monoisotopic (exact) mass is 273 g/mol. The van der Waals surface area contributed by atoms with Gasteiger partial charge in [0.15, 0.2) is 9.84 Å². The third kappa shape index (κ3) is 4.92. The van der Waals surface area contributed by atoms with E-state index in [4.69, 9.17) is 11.0 Å². The van der Waals surface area contributed by atoms with E-state index in [2.05, 4.69) is 11.0 Å². The first-order valence-electron chi connectivity index (χ1n) is 6.36. The minimum absolute atomic E-state index is 0.162. The largest absolute Gasteiger partial charge is 0.314 e. The Morgan fingerprint density at radius 2 is 2.17 bits per heavy atom. The van der Waals surface area contributed by atoms with E-state index in [1.54, 1.807) is 6.92 Å². The molecule has 1 fully saturated rings. The summed E-state index contributed by atoms with van der Waals surface area (Å²) in [6, 6.07) is 2.24. The number of unbranched alkanes of at least 4 members (excludes halogenated alkanes) is 1. The standard InChI is InChI=1S/C12H23N3O2S/c1-12(14,10-13)6-3-4-7-15(2)11-5-8-18(16,17)9-11/h11H,3-9,14H2,1-2H3. The second-order valence-electron chi connectivity index (χ2n) is 5.52. The lowest BCUT2D eigenvalue weighted by molar-refractivity contribution is 0.254. The molecule has 0 amide bonds. The molecule has 18 heavy (non-hydrogen) atoms. The number of nitrogens with two attached hydrogens (primary N) is 1. The van der Waals surface area contributed by atoms with Gasteiger partial charge in [-0.15, -0.1) is 0 Å². The lowest BCUT2D eigenvalue weighted by atomic mass is 9.98. The summed E-state index contributed by atoms with van der Waals surface area (Å²) in [5.74, 6) is 0.605. The molecule has 0 aliphatic carbocycles. The van der Waals surface area contributed by atoms with Crippen molar-refractivity contribution in [1.82, 2.24) is 4.90 Å². The molecule has 0 aromatic carbocycles. The zero-order valence-corrected chi connectivity index (χ0v) is 12.0. The maximum absolute atomic E-state index is 11.4. The van der Waals surface area contributed by atoms with Crippen molar-refractivity contribution in [2.24, 2.45) is 5.73 Å². The Kier molecular flexibility index (Phi) is 5.14. The summed E-state index contributed by atoms with van der Waals surface area (Å²) in [5.41, 5.74) is 5.00. The van der Waals surface area contributed by atoms with Crippen molar-refractivity contribution in [1.29, 1.82) is 5.26 Å². The van der Waals surface area contributed by atoms with E-state index in [0.29, 0.717) is 12.2 Å². The average molecular weight is 273 g/mol. The number of sulfone groups is 1. The molecule has 1 heterocycles.